The molecular formula is C25H25NO6S. The van der Waals surface area contributed by atoms with Crippen molar-refractivity contribution in [1.82, 2.24) is 4.31 Å². The molecule has 8 heteroatoms. The summed E-state index contributed by atoms with van der Waals surface area (Å²) in [6, 6.07) is 17.9. The van der Waals surface area contributed by atoms with Gasteiger partial charge >= 0.3 is 11.9 Å². The average Bonchev–Trinajstić information content (AvgIpc) is 3.52. The third-order valence-corrected chi connectivity index (χ3v) is 7.66. The highest BCUT2D eigenvalue weighted by atomic mass is 32.2. The Hall–Kier alpha value is -3.23. The van der Waals surface area contributed by atoms with Gasteiger partial charge in [0.05, 0.1) is 24.2 Å². The van der Waals surface area contributed by atoms with Gasteiger partial charge in [-0.25, -0.2) is 18.0 Å². The van der Waals surface area contributed by atoms with E-state index in [2.05, 4.69) is 0 Å². The zero-order valence-corrected chi connectivity index (χ0v) is 19.5. The second-order valence-corrected chi connectivity index (χ2v) is 9.61. The van der Waals surface area contributed by atoms with Gasteiger partial charge in [0.1, 0.15) is 0 Å². The van der Waals surface area contributed by atoms with E-state index in [0.717, 1.165) is 20.6 Å². The zero-order chi connectivity index (χ0) is 23.8. The summed E-state index contributed by atoms with van der Waals surface area (Å²) in [6.45, 7) is 5.02. The molecule has 0 radical (unpaired) electrons. The van der Waals surface area contributed by atoms with E-state index < -0.39 is 33.5 Å². The standard InChI is InChI=1S/C25H25NO6S/c1-4-31-23(27)25(24(28)32-5-2)22(21-12-8-10-18-9-6-7-11-20(18)21)26(25)33(29,30)19-15-13-17(3)14-16-19/h6-16,22H,4-5H2,1-3H3. The van der Waals surface area contributed by atoms with Crippen molar-refractivity contribution in [3.05, 3.63) is 77.9 Å². The van der Waals surface area contributed by atoms with Crippen LogP contribution >= 0.6 is 0 Å². The quantitative estimate of drug-likeness (QED) is 0.299. The molecule has 0 saturated carbocycles. The maximum absolute atomic E-state index is 13.8. The first-order valence-electron chi connectivity index (χ1n) is 10.7. The van der Waals surface area contributed by atoms with E-state index in [1.54, 1.807) is 38.1 Å². The van der Waals surface area contributed by atoms with E-state index >= 15 is 0 Å². The molecule has 0 amide bonds. The van der Waals surface area contributed by atoms with Crippen LogP contribution in [0.2, 0.25) is 0 Å². The number of hydrogen-bond acceptors (Lipinski definition) is 6. The Morgan fingerprint density at radius 3 is 2.06 bits per heavy atom. The molecule has 0 aliphatic carbocycles. The lowest BCUT2D eigenvalue weighted by Crippen LogP contribution is -2.43. The number of fused-ring (bicyclic) bond motifs is 1. The Bertz CT molecular complexity index is 1290. The molecule has 1 aliphatic heterocycles. The largest absolute Gasteiger partial charge is 0.464 e. The van der Waals surface area contributed by atoms with Crippen LogP contribution in [0.25, 0.3) is 10.8 Å². The fraction of sp³-hybridized carbons (Fsp3) is 0.280. The SMILES string of the molecule is CCOC(=O)C1(C(=O)OCC)C(c2cccc3ccccc23)N1S(=O)(=O)c1ccc(C)cc1. The fourth-order valence-corrected chi connectivity index (χ4v) is 6.06. The summed E-state index contributed by atoms with van der Waals surface area (Å²) in [5.74, 6) is -1.89. The Kier molecular flexibility index (Phi) is 5.99. The number of carbonyl (C=O) groups excluding carboxylic acids is 2. The van der Waals surface area contributed by atoms with Crippen LogP contribution in [-0.2, 0) is 29.1 Å². The molecule has 0 bridgehead atoms. The van der Waals surface area contributed by atoms with Crippen molar-refractivity contribution in [2.75, 3.05) is 13.2 Å². The molecule has 0 aromatic heterocycles. The zero-order valence-electron chi connectivity index (χ0n) is 18.6. The Labute approximate surface area is 193 Å². The Balaban J connectivity index is 1.97. The van der Waals surface area contributed by atoms with Gasteiger partial charge in [0, 0.05) is 0 Å². The predicted molar refractivity (Wildman–Crippen MR) is 123 cm³/mol. The summed E-state index contributed by atoms with van der Waals surface area (Å²) in [5, 5.41) is 1.60. The number of aryl methyl sites for hydroxylation is 1. The van der Waals surface area contributed by atoms with Gasteiger partial charge in [-0.3, -0.25) is 0 Å². The highest BCUT2D eigenvalue weighted by Crippen LogP contribution is 2.59. The number of ether oxygens (including phenoxy) is 2. The van der Waals surface area contributed by atoms with Crippen LogP contribution < -0.4 is 0 Å². The first kappa shape index (κ1) is 22.9. The molecule has 1 saturated heterocycles. The average molecular weight is 468 g/mol. The predicted octanol–water partition coefficient (Wildman–Crippen LogP) is 3.76. The Morgan fingerprint density at radius 2 is 1.45 bits per heavy atom. The van der Waals surface area contributed by atoms with Crippen LogP contribution in [0.3, 0.4) is 0 Å². The van der Waals surface area contributed by atoms with Gasteiger partial charge in [-0.1, -0.05) is 60.2 Å². The molecule has 33 heavy (non-hydrogen) atoms. The topological polar surface area (TPSA) is 89.8 Å². The third-order valence-electron chi connectivity index (χ3n) is 5.78. The normalized spacial score (nSPS) is 19.1. The molecule has 3 aromatic rings. The summed E-state index contributed by atoms with van der Waals surface area (Å²) in [5.41, 5.74) is -0.725. The lowest BCUT2D eigenvalue weighted by atomic mass is 9.95. The molecule has 172 valence electrons. The molecular weight excluding hydrogens is 442 g/mol. The van der Waals surface area contributed by atoms with E-state index in [4.69, 9.17) is 9.47 Å². The van der Waals surface area contributed by atoms with Crippen LogP contribution in [0.15, 0.2) is 71.6 Å². The van der Waals surface area contributed by atoms with Crippen LogP contribution in [0, 0.1) is 6.92 Å². The highest BCUT2D eigenvalue weighted by molar-refractivity contribution is 7.89. The Morgan fingerprint density at radius 1 is 0.879 bits per heavy atom. The second-order valence-electron chi connectivity index (χ2n) is 7.79. The minimum absolute atomic E-state index is 0.0132. The van der Waals surface area contributed by atoms with Crippen molar-refractivity contribution in [3.63, 3.8) is 0 Å². The minimum atomic E-state index is -4.25. The molecule has 4 rings (SSSR count). The van der Waals surface area contributed by atoms with Crippen molar-refractivity contribution in [2.45, 2.75) is 37.2 Å². The van der Waals surface area contributed by atoms with Gasteiger partial charge in [0.15, 0.2) is 0 Å². The molecule has 3 aromatic carbocycles. The molecule has 1 fully saturated rings. The van der Waals surface area contributed by atoms with Gasteiger partial charge in [-0.15, -0.1) is 0 Å². The number of sulfonamides is 1. The number of carbonyl (C=O) groups is 2. The maximum atomic E-state index is 13.8. The van der Waals surface area contributed by atoms with E-state index in [0.29, 0.717) is 5.56 Å². The number of esters is 2. The number of rotatable bonds is 7. The highest BCUT2D eigenvalue weighted by Gasteiger charge is 2.80. The molecule has 2 atom stereocenters. The third kappa shape index (κ3) is 3.59. The van der Waals surface area contributed by atoms with Gasteiger partial charge in [-0.2, -0.15) is 4.31 Å². The molecule has 2 unspecified atom stereocenters. The van der Waals surface area contributed by atoms with Crippen molar-refractivity contribution in [1.29, 1.82) is 0 Å². The van der Waals surface area contributed by atoms with Crippen molar-refractivity contribution < 1.29 is 27.5 Å². The molecule has 1 heterocycles. The van der Waals surface area contributed by atoms with Gasteiger partial charge < -0.3 is 9.47 Å². The minimum Gasteiger partial charge on any atom is -0.464 e. The number of hydrogen-bond donors (Lipinski definition) is 0. The summed E-state index contributed by atoms with van der Waals surface area (Å²) in [7, 11) is -4.25. The lowest BCUT2D eigenvalue weighted by molar-refractivity contribution is -0.160. The maximum Gasteiger partial charge on any atom is 0.341 e. The summed E-state index contributed by atoms with van der Waals surface area (Å²) in [6.07, 6.45) is 0. The van der Waals surface area contributed by atoms with Crippen LogP contribution in [0.4, 0.5) is 0 Å². The molecule has 7 nitrogen and oxygen atoms in total. The van der Waals surface area contributed by atoms with Crippen LogP contribution in [0.1, 0.15) is 31.0 Å². The number of benzene rings is 3. The smallest absolute Gasteiger partial charge is 0.341 e. The number of nitrogens with zero attached hydrogens (tertiary/aromatic N) is 1. The summed E-state index contributed by atoms with van der Waals surface area (Å²) in [4.78, 5) is 26.5. The van der Waals surface area contributed by atoms with Gasteiger partial charge in [0.2, 0.25) is 10.0 Å². The van der Waals surface area contributed by atoms with Crippen molar-refractivity contribution in [2.24, 2.45) is 0 Å². The first-order chi connectivity index (χ1) is 15.8. The van der Waals surface area contributed by atoms with E-state index in [9.17, 15) is 18.0 Å². The van der Waals surface area contributed by atoms with E-state index in [-0.39, 0.29) is 18.1 Å². The van der Waals surface area contributed by atoms with Crippen LogP contribution in [0.5, 0.6) is 0 Å². The fourth-order valence-electron chi connectivity index (χ4n) is 4.23. The monoisotopic (exact) mass is 467 g/mol. The van der Waals surface area contributed by atoms with E-state index in [1.165, 1.54) is 12.1 Å². The lowest BCUT2D eigenvalue weighted by Gasteiger charge is -2.15. The second kappa shape index (κ2) is 8.61. The van der Waals surface area contributed by atoms with Crippen molar-refractivity contribution >= 4 is 32.7 Å². The summed E-state index contributed by atoms with van der Waals surface area (Å²) >= 11 is 0. The molecule has 1 aliphatic rings. The van der Waals surface area contributed by atoms with Crippen molar-refractivity contribution in [3.8, 4) is 0 Å². The molecule has 0 N–H and O–H groups in total. The summed E-state index contributed by atoms with van der Waals surface area (Å²) < 4.78 is 38.9. The van der Waals surface area contributed by atoms with Gasteiger partial charge in [-0.05, 0) is 49.2 Å². The van der Waals surface area contributed by atoms with Gasteiger partial charge in [0.25, 0.3) is 5.54 Å². The van der Waals surface area contributed by atoms with E-state index in [1.807, 2.05) is 37.3 Å². The molecule has 0 spiro atoms. The first-order valence-corrected chi connectivity index (χ1v) is 12.2. The van der Waals surface area contributed by atoms with Crippen LogP contribution in [-0.4, -0.2) is 43.4 Å².